The summed E-state index contributed by atoms with van der Waals surface area (Å²) in [5.74, 6) is 4.01. The highest BCUT2D eigenvalue weighted by Crippen LogP contribution is 2.56. The van der Waals surface area contributed by atoms with E-state index in [2.05, 4.69) is 34.2 Å². The zero-order chi connectivity index (χ0) is 27.2. The zero-order valence-corrected chi connectivity index (χ0v) is 25.2. The van der Waals surface area contributed by atoms with E-state index in [-0.39, 0.29) is 5.91 Å². The minimum atomic E-state index is 0.129. The van der Waals surface area contributed by atoms with Gasteiger partial charge < -0.3 is 14.6 Å². The summed E-state index contributed by atoms with van der Waals surface area (Å²) in [5, 5.41) is 0. The Kier molecular flexibility index (Phi) is 7.56. The maximum Gasteiger partial charge on any atom is 0.266 e. The fraction of sp³-hybridized carbons (Fsp3) is 0.576. The molecule has 4 aliphatic carbocycles. The molecule has 2 aliphatic heterocycles. The fourth-order valence-electron chi connectivity index (χ4n) is 8.66. The zero-order valence-electron chi connectivity index (χ0n) is 23.6. The second kappa shape index (κ2) is 11.3. The molecule has 5 nitrogen and oxygen atoms in total. The number of ether oxygens (including phenoxy) is 1. The summed E-state index contributed by atoms with van der Waals surface area (Å²) in [7, 11) is 1.71. The Labute approximate surface area is 248 Å². The third-order valence-corrected chi connectivity index (χ3v) is 11.6. The maximum atomic E-state index is 13.9. The number of H-pyrrole nitrogens is 1. The Balaban J connectivity index is 1.15. The number of amides is 1. The van der Waals surface area contributed by atoms with Crippen molar-refractivity contribution in [2.75, 3.05) is 26.7 Å². The van der Waals surface area contributed by atoms with Crippen LogP contribution in [-0.2, 0) is 11.2 Å². The van der Waals surface area contributed by atoms with Crippen LogP contribution in [-0.4, -0.2) is 57.8 Å². The molecule has 6 fully saturated rings. The molecule has 1 amide bonds. The number of carbonyl (C=O) groups is 1. The molecular weight excluding hydrogens is 535 g/mol. The number of aromatic nitrogens is 1. The molecule has 4 bridgehead atoms. The molecule has 2 saturated heterocycles. The molecule has 3 heterocycles. The Hall–Kier alpha value is -2.09. The third kappa shape index (κ3) is 5.18. The van der Waals surface area contributed by atoms with E-state index < -0.39 is 0 Å². The van der Waals surface area contributed by atoms with Gasteiger partial charge in [0.05, 0.1) is 12.0 Å². The third-order valence-electron chi connectivity index (χ3n) is 10.3. The molecule has 1 N–H and O–H groups in total. The number of aromatic amines is 1. The first kappa shape index (κ1) is 26.8. The van der Waals surface area contributed by atoms with Crippen molar-refractivity contribution >= 4 is 40.3 Å². The number of nitrogens with one attached hydrogen (secondary N) is 1. The number of carbonyl (C=O) groups excluding carboxylic acids is 1. The predicted molar refractivity (Wildman–Crippen MR) is 167 cm³/mol. The lowest BCUT2D eigenvalue weighted by atomic mass is 9.54. The number of thiocarbonyl (C=S) groups is 1. The van der Waals surface area contributed by atoms with Crippen molar-refractivity contribution in [3.63, 3.8) is 0 Å². The van der Waals surface area contributed by atoms with Gasteiger partial charge in [-0.1, -0.05) is 42.5 Å². The summed E-state index contributed by atoms with van der Waals surface area (Å²) in [6, 6.07) is 10.8. The van der Waals surface area contributed by atoms with Crippen molar-refractivity contribution in [2.24, 2.45) is 23.7 Å². The smallest absolute Gasteiger partial charge is 0.266 e. The molecule has 1 aromatic heterocycles. The van der Waals surface area contributed by atoms with Crippen LogP contribution >= 0.6 is 24.0 Å². The number of hydrogen-bond acceptors (Lipinski definition) is 5. The van der Waals surface area contributed by atoms with Crippen molar-refractivity contribution in [1.82, 2.24) is 14.8 Å². The van der Waals surface area contributed by atoms with Gasteiger partial charge in [0, 0.05) is 23.0 Å². The van der Waals surface area contributed by atoms with Crippen LogP contribution in [0.4, 0.5) is 0 Å². The number of nitrogens with zero attached hydrogens (tertiary/aromatic N) is 2. The highest BCUT2D eigenvalue weighted by atomic mass is 32.2. The van der Waals surface area contributed by atoms with Gasteiger partial charge >= 0.3 is 0 Å². The molecule has 0 spiro atoms. The number of aryl methyl sites for hydroxylation is 1. The number of thioether (sulfide) groups is 1. The largest absolute Gasteiger partial charge is 0.497 e. The first-order valence-corrected chi connectivity index (χ1v) is 16.6. The summed E-state index contributed by atoms with van der Waals surface area (Å²) >= 11 is 7.40. The van der Waals surface area contributed by atoms with E-state index >= 15 is 0 Å². The van der Waals surface area contributed by atoms with Crippen molar-refractivity contribution in [1.29, 1.82) is 0 Å². The molecule has 7 heteroatoms. The van der Waals surface area contributed by atoms with Gasteiger partial charge in [-0.05, 0) is 131 Å². The Morgan fingerprint density at radius 3 is 2.52 bits per heavy atom. The topological polar surface area (TPSA) is 48.6 Å². The van der Waals surface area contributed by atoms with Crippen LogP contribution < -0.4 is 4.74 Å². The van der Waals surface area contributed by atoms with Gasteiger partial charge in [0.15, 0.2) is 0 Å². The first-order valence-electron chi connectivity index (χ1n) is 15.4. The van der Waals surface area contributed by atoms with Crippen molar-refractivity contribution < 1.29 is 9.53 Å². The standard InChI is InChI=1S/C33H41N3O2S2/c1-38-27-9-5-7-23(18-27)28-19-24(8-6-12-35-10-3-2-4-11-35)29(34-28)20-30-32(37)36(33(39)40-30)31-25-14-21-13-22(16-25)17-26(31)15-21/h5,7,9,18-22,25-26,31,34H,2-4,6,8,10-17H2,1H3/b30-20-. The van der Waals surface area contributed by atoms with E-state index in [9.17, 15) is 4.79 Å². The van der Waals surface area contributed by atoms with E-state index in [1.807, 2.05) is 17.0 Å². The number of benzene rings is 1. The molecule has 4 saturated carbocycles. The highest BCUT2D eigenvalue weighted by Gasteiger charge is 2.53. The number of methoxy groups -OCH3 is 1. The van der Waals surface area contributed by atoms with Crippen molar-refractivity contribution in [2.45, 2.75) is 70.3 Å². The summed E-state index contributed by atoms with van der Waals surface area (Å²) in [5.41, 5.74) is 4.48. The molecule has 0 atom stereocenters. The summed E-state index contributed by atoms with van der Waals surface area (Å²) < 4.78 is 6.25. The normalized spacial score (nSPS) is 31.1. The van der Waals surface area contributed by atoms with Crippen LogP contribution in [0, 0.1) is 23.7 Å². The Morgan fingerprint density at radius 1 is 1.05 bits per heavy atom. The molecule has 6 aliphatic rings. The Morgan fingerprint density at radius 2 is 1.80 bits per heavy atom. The molecule has 0 unspecified atom stereocenters. The molecule has 0 radical (unpaired) electrons. The van der Waals surface area contributed by atoms with Gasteiger partial charge in [-0.2, -0.15) is 0 Å². The predicted octanol–water partition coefficient (Wildman–Crippen LogP) is 7.13. The average molecular weight is 576 g/mol. The van der Waals surface area contributed by atoms with Gasteiger partial charge in [0.25, 0.3) is 5.91 Å². The van der Waals surface area contributed by atoms with E-state index in [1.54, 1.807) is 7.11 Å². The Bertz CT molecular complexity index is 1280. The van der Waals surface area contributed by atoms with Crippen molar-refractivity contribution in [3.8, 4) is 17.0 Å². The van der Waals surface area contributed by atoms with Crippen LogP contribution in [0.15, 0.2) is 35.2 Å². The quantitative estimate of drug-likeness (QED) is 0.268. The van der Waals surface area contributed by atoms with Gasteiger partial charge in [-0.3, -0.25) is 9.69 Å². The average Bonchev–Trinajstić information content (AvgIpc) is 3.48. The molecule has 8 rings (SSSR count). The monoisotopic (exact) mass is 575 g/mol. The number of likely N-dealkylation sites (tertiary alicyclic amines) is 1. The number of piperidine rings is 1. The molecule has 2 aromatic rings. The highest BCUT2D eigenvalue weighted by molar-refractivity contribution is 8.26. The van der Waals surface area contributed by atoms with E-state index in [1.165, 1.54) is 81.8 Å². The number of rotatable bonds is 8. The second-order valence-corrected chi connectivity index (χ2v) is 14.5. The molecular formula is C33H41N3O2S2. The van der Waals surface area contributed by atoms with Gasteiger partial charge in [0.2, 0.25) is 0 Å². The van der Waals surface area contributed by atoms with E-state index in [0.29, 0.717) is 17.9 Å². The minimum Gasteiger partial charge on any atom is -0.497 e. The number of hydrogen-bond donors (Lipinski definition) is 1. The van der Waals surface area contributed by atoms with E-state index in [0.717, 1.165) is 63.1 Å². The van der Waals surface area contributed by atoms with Crippen LogP contribution in [0.25, 0.3) is 17.3 Å². The van der Waals surface area contributed by atoms with Crippen molar-refractivity contribution in [3.05, 3.63) is 46.5 Å². The van der Waals surface area contributed by atoms with Crippen LogP contribution in [0.5, 0.6) is 5.75 Å². The van der Waals surface area contributed by atoms with E-state index in [4.69, 9.17) is 17.0 Å². The lowest BCUT2D eigenvalue weighted by Gasteiger charge is -2.56. The molecule has 212 valence electrons. The SMILES string of the molecule is COc1cccc(-c2cc(CCCN3CCCCC3)c(/C=C3\SC(=S)N(C4C5CC6CC(C5)CC4C6)C3=O)[nH]2)c1. The summed E-state index contributed by atoms with van der Waals surface area (Å²) in [6.45, 7) is 3.58. The fourth-order valence-corrected chi connectivity index (χ4v) is 9.98. The minimum absolute atomic E-state index is 0.129. The summed E-state index contributed by atoms with van der Waals surface area (Å²) in [6.07, 6.45) is 14.8. The lowest BCUT2D eigenvalue weighted by molar-refractivity contribution is -0.130. The van der Waals surface area contributed by atoms with Gasteiger partial charge in [0.1, 0.15) is 10.1 Å². The van der Waals surface area contributed by atoms with Crippen LogP contribution in [0.1, 0.15) is 69.0 Å². The van der Waals surface area contributed by atoms with Gasteiger partial charge in [-0.15, -0.1) is 0 Å². The first-order chi connectivity index (χ1) is 19.6. The summed E-state index contributed by atoms with van der Waals surface area (Å²) in [4.78, 5) is 23.0. The van der Waals surface area contributed by atoms with Crippen LogP contribution in [0.3, 0.4) is 0 Å². The van der Waals surface area contributed by atoms with Gasteiger partial charge in [-0.25, -0.2) is 0 Å². The molecule has 40 heavy (non-hydrogen) atoms. The second-order valence-electron chi connectivity index (χ2n) is 12.8. The van der Waals surface area contributed by atoms with Crippen LogP contribution in [0.2, 0.25) is 0 Å². The molecule has 1 aromatic carbocycles. The lowest BCUT2D eigenvalue weighted by Crippen LogP contribution is -2.57. The maximum absolute atomic E-state index is 13.9.